The summed E-state index contributed by atoms with van der Waals surface area (Å²) in [4.78, 5) is 20.7. The topological polar surface area (TPSA) is 84.2 Å². The van der Waals surface area contributed by atoms with Crippen LogP contribution in [0.15, 0.2) is 67.0 Å². The second kappa shape index (κ2) is 9.58. The van der Waals surface area contributed by atoms with Crippen molar-refractivity contribution in [1.82, 2.24) is 19.6 Å². The van der Waals surface area contributed by atoms with Crippen molar-refractivity contribution in [1.29, 1.82) is 0 Å². The number of rotatable bonds is 6. The molecule has 0 radical (unpaired) electrons. The molecule has 0 saturated heterocycles. The van der Waals surface area contributed by atoms with Crippen LogP contribution in [0, 0.1) is 5.92 Å². The molecule has 1 amide bonds. The minimum absolute atomic E-state index is 0. The summed E-state index contributed by atoms with van der Waals surface area (Å²) < 4.78 is 1.86. The molecule has 0 atom stereocenters. The van der Waals surface area contributed by atoms with Gasteiger partial charge in [-0.05, 0) is 56.0 Å². The first kappa shape index (κ1) is 21.4. The third-order valence-electron chi connectivity index (χ3n) is 5.55. The Morgan fingerprint density at radius 3 is 2.61 bits per heavy atom. The Labute approximate surface area is 198 Å². The van der Waals surface area contributed by atoms with Crippen molar-refractivity contribution in [2.45, 2.75) is 38.1 Å². The summed E-state index contributed by atoms with van der Waals surface area (Å²) in [6.07, 6.45) is 8.10. The Morgan fingerprint density at radius 1 is 1.09 bits per heavy atom. The van der Waals surface area contributed by atoms with E-state index in [1.54, 1.807) is 6.20 Å². The number of anilines is 2. The molecule has 7 nitrogen and oxygen atoms in total. The van der Waals surface area contributed by atoms with E-state index in [-0.39, 0.29) is 13.3 Å². The number of imidazole rings is 1. The van der Waals surface area contributed by atoms with Gasteiger partial charge in [0.25, 0.3) is 0 Å². The molecule has 0 unspecified atom stereocenters. The average Bonchev–Trinajstić information content (AvgIpc) is 3.75. The molecule has 2 fully saturated rings. The minimum atomic E-state index is 0. The van der Waals surface area contributed by atoms with E-state index in [1.165, 1.54) is 12.8 Å². The summed E-state index contributed by atoms with van der Waals surface area (Å²) in [7, 11) is 0. The fourth-order valence-corrected chi connectivity index (χ4v) is 3.56. The number of carbonyl (C=O) groups excluding carboxylic acids is 1. The highest BCUT2D eigenvalue weighted by Crippen LogP contribution is 2.38. The van der Waals surface area contributed by atoms with Gasteiger partial charge < -0.3 is 10.6 Å². The van der Waals surface area contributed by atoms with Crippen LogP contribution in [-0.4, -0.2) is 25.5 Å². The SMILES string of the molecule is Clc1ccccc1.O=C(Nc1cc(NCc2cn3nc(C4CC4)ccc3n2)ccn1)C1CC1.[HH]. The Hall–Kier alpha value is -3.45. The molecule has 0 spiro atoms. The monoisotopic (exact) mass is 462 g/mol. The summed E-state index contributed by atoms with van der Waals surface area (Å²) in [5.41, 5.74) is 3.83. The molecule has 3 aromatic heterocycles. The molecule has 2 aliphatic rings. The van der Waals surface area contributed by atoms with Crippen LogP contribution in [0.1, 0.15) is 44.4 Å². The van der Waals surface area contributed by atoms with Crippen molar-refractivity contribution < 1.29 is 6.22 Å². The highest BCUT2D eigenvalue weighted by Gasteiger charge is 2.29. The zero-order valence-electron chi connectivity index (χ0n) is 18.1. The lowest BCUT2D eigenvalue weighted by Crippen LogP contribution is -2.14. The second-order valence-corrected chi connectivity index (χ2v) is 8.85. The number of nitrogens with one attached hydrogen (secondary N) is 2. The molecule has 33 heavy (non-hydrogen) atoms. The van der Waals surface area contributed by atoms with Gasteiger partial charge in [-0.25, -0.2) is 14.5 Å². The zero-order valence-corrected chi connectivity index (χ0v) is 18.9. The number of carbonyl (C=O) groups is 1. The van der Waals surface area contributed by atoms with Gasteiger partial charge in [-0.2, -0.15) is 5.10 Å². The first-order valence-electron chi connectivity index (χ1n) is 11.2. The fourth-order valence-electron chi connectivity index (χ4n) is 3.42. The van der Waals surface area contributed by atoms with Gasteiger partial charge in [0.2, 0.25) is 5.91 Å². The maximum absolute atomic E-state index is 11.9. The summed E-state index contributed by atoms with van der Waals surface area (Å²) in [6, 6.07) is 17.3. The van der Waals surface area contributed by atoms with E-state index < -0.39 is 0 Å². The van der Waals surface area contributed by atoms with Gasteiger partial charge in [0.05, 0.1) is 24.1 Å². The maximum Gasteiger partial charge on any atom is 0.228 e. The number of pyridine rings is 1. The molecule has 3 heterocycles. The summed E-state index contributed by atoms with van der Waals surface area (Å²) in [5.74, 6) is 1.44. The molecule has 0 bridgehead atoms. The standard InChI is InChI=1S/C19H20N6O.C6H5Cl.H2/c26-19(13-3-4-13)23-17-9-14(7-8-20-17)21-10-15-11-25-18(22-15)6-5-16(24-25)12-1-2-12;7-6-4-2-1-3-5-6;/h5-9,11-13H,1-4,10H2,(H2,20,21,23,26);1-5H;1H. The van der Waals surface area contributed by atoms with Gasteiger partial charge in [0.1, 0.15) is 5.82 Å². The first-order valence-corrected chi connectivity index (χ1v) is 11.6. The third-order valence-corrected chi connectivity index (χ3v) is 5.80. The largest absolute Gasteiger partial charge is 0.379 e. The number of hydrogen-bond acceptors (Lipinski definition) is 5. The van der Waals surface area contributed by atoms with Crippen molar-refractivity contribution in [3.63, 3.8) is 0 Å². The zero-order chi connectivity index (χ0) is 22.6. The summed E-state index contributed by atoms with van der Waals surface area (Å²) in [6.45, 7) is 0.585. The lowest BCUT2D eigenvalue weighted by Gasteiger charge is -2.07. The second-order valence-electron chi connectivity index (χ2n) is 8.41. The van der Waals surface area contributed by atoms with Crippen LogP contribution in [0.2, 0.25) is 5.02 Å². The third kappa shape index (κ3) is 5.87. The van der Waals surface area contributed by atoms with Crippen LogP contribution in [0.5, 0.6) is 0 Å². The first-order chi connectivity index (χ1) is 16.1. The van der Waals surface area contributed by atoms with Crippen molar-refractivity contribution in [2.75, 3.05) is 10.6 Å². The van der Waals surface area contributed by atoms with E-state index >= 15 is 0 Å². The van der Waals surface area contributed by atoms with Crippen LogP contribution in [-0.2, 0) is 11.3 Å². The van der Waals surface area contributed by atoms with Gasteiger partial charge in [0, 0.05) is 36.2 Å². The molecular weight excluding hydrogens is 436 g/mol. The van der Waals surface area contributed by atoms with Crippen LogP contribution in [0.4, 0.5) is 11.5 Å². The number of nitrogens with zero attached hydrogens (tertiary/aromatic N) is 4. The van der Waals surface area contributed by atoms with Crippen LogP contribution >= 0.6 is 11.6 Å². The molecule has 2 saturated carbocycles. The Bertz CT molecular complexity index is 1260. The fraction of sp³-hybridized carbons (Fsp3) is 0.280. The highest BCUT2D eigenvalue weighted by molar-refractivity contribution is 6.30. The van der Waals surface area contributed by atoms with Gasteiger partial charge in [-0.1, -0.05) is 29.8 Å². The molecule has 2 N–H and O–H groups in total. The van der Waals surface area contributed by atoms with Crippen molar-refractivity contribution in [2.24, 2.45) is 5.92 Å². The number of amides is 1. The lowest BCUT2D eigenvalue weighted by atomic mass is 10.3. The van der Waals surface area contributed by atoms with E-state index in [2.05, 4.69) is 31.8 Å². The number of halogens is 1. The number of hydrogen-bond donors (Lipinski definition) is 2. The van der Waals surface area contributed by atoms with E-state index in [0.717, 1.165) is 40.6 Å². The summed E-state index contributed by atoms with van der Waals surface area (Å²) >= 11 is 5.54. The predicted molar refractivity (Wildman–Crippen MR) is 131 cm³/mol. The van der Waals surface area contributed by atoms with Gasteiger partial charge in [-0.3, -0.25) is 4.79 Å². The molecule has 1 aromatic carbocycles. The lowest BCUT2D eigenvalue weighted by molar-refractivity contribution is -0.117. The van der Waals surface area contributed by atoms with Crippen molar-refractivity contribution >= 4 is 34.7 Å². The number of aromatic nitrogens is 4. The Morgan fingerprint density at radius 2 is 1.91 bits per heavy atom. The summed E-state index contributed by atoms with van der Waals surface area (Å²) in [5, 5.41) is 11.6. The van der Waals surface area contributed by atoms with Gasteiger partial charge >= 0.3 is 0 Å². The van der Waals surface area contributed by atoms with Crippen molar-refractivity contribution in [3.05, 3.63) is 83.4 Å². The molecule has 4 aromatic rings. The van der Waals surface area contributed by atoms with E-state index in [1.807, 2.05) is 59.2 Å². The molecule has 0 aliphatic heterocycles. The smallest absolute Gasteiger partial charge is 0.228 e. The molecular formula is C25H27ClN6O. The van der Waals surface area contributed by atoms with Gasteiger partial charge in [0.15, 0.2) is 5.65 Å². The Balaban J connectivity index is 0.000000297. The normalized spacial score (nSPS) is 14.9. The maximum atomic E-state index is 11.9. The van der Waals surface area contributed by atoms with Crippen LogP contribution in [0.25, 0.3) is 5.65 Å². The molecule has 8 heteroatoms. The molecule has 6 rings (SSSR count). The van der Waals surface area contributed by atoms with E-state index in [4.69, 9.17) is 11.6 Å². The average molecular weight is 463 g/mol. The molecule has 170 valence electrons. The van der Waals surface area contributed by atoms with Crippen LogP contribution < -0.4 is 10.6 Å². The highest BCUT2D eigenvalue weighted by atomic mass is 35.5. The van der Waals surface area contributed by atoms with E-state index in [0.29, 0.717) is 18.3 Å². The predicted octanol–water partition coefficient (Wildman–Crippen LogP) is 5.55. The van der Waals surface area contributed by atoms with E-state index in [9.17, 15) is 4.79 Å². The minimum Gasteiger partial charge on any atom is -0.379 e. The number of benzene rings is 1. The quantitative estimate of drug-likeness (QED) is 0.392. The van der Waals surface area contributed by atoms with Crippen LogP contribution in [0.3, 0.4) is 0 Å². The van der Waals surface area contributed by atoms with Gasteiger partial charge in [-0.15, -0.1) is 0 Å². The number of fused-ring (bicyclic) bond motifs is 1. The Kier molecular flexibility index (Phi) is 6.21. The molecule has 2 aliphatic carbocycles. The van der Waals surface area contributed by atoms with Crippen molar-refractivity contribution in [3.8, 4) is 0 Å².